The summed E-state index contributed by atoms with van der Waals surface area (Å²) in [5, 5.41) is 0. The van der Waals surface area contributed by atoms with Gasteiger partial charge in [0, 0.05) is 12.6 Å². The highest BCUT2D eigenvalue weighted by atomic mass is 32.2. The lowest BCUT2D eigenvalue weighted by atomic mass is 9.74. The van der Waals surface area contributed by atoms with Gasteiger partial charge in [-0.25, -0.2) is 0 Å². The highest BCUT2D eigenvalue weighted by Gasteiger charge is 2.50. The molecule has 1 spiro atoms. The quantitative estimate of drug-likeness (QED) is 0.621. The molecule has 4 atom stereocenters. The number of nitrogens with one attached hydrogen (secondary N) is 1. The number of nitrogens with two attached hydrogens (primary N) is 1. The van der Waals surface area contributed by atoms with E-state index in [4.69, 9.17) is 10.6 Å². The second kappa shape index (κ2) is 5.45. The lowest BCUT2D eigenvalue weighted by Gasteiger charge is -2.46. The van der Waals surface area contributed by atoms with Crippen LogP contribution in [0.15, 0.2) is 0 Å². The third kappa shape index (κ3) is 2.53. The van der Waals surface area contributed by atoms with Crippen LogP contribution in [0.25, 0.3) is 0 Å². The molecule has 2 aliphatic carbocycles. The summed E-state index contributed by atoms with van der Waals surface area (Å²) in [5.74, 6) is 12.2. The van der Waals surface area contributed by atoms with Crippen LogP contribution in [0.2, 0.25) is 0 Å². The van der Waals surface area contributed by atoms with Gasteiger partial charge in [-0.15, -0.1) is 0 Å². The Morgan fingerprint density at radius 3 is 2.55 bits per heavy atom. The highest BCUT2D eigenvalue weighted by Crippen LogP contribution is 2.56. The summed E-state index contributed by atoms with van der Waals surface area (Å²) in [6, 6.07) is 0.540. The van der Waals surface area contributed by atoms with Crippen molar-refractivity contribution in [2.24, 2.45) is 29.5 Å². The summed E-state index contributed by atoms with van der Waals surface area (Å²) in [6.07, 6.45) is 9.31. The van der Waals surface area contributed by atoms with Gasteiger partial charge in [-0.1, -0.05) is 0 Å². The summed E-state index contributed by atoms with van der Waals surface area (Å²) < 4.78 is 6.24. The summed E-state index contributed by atoms with van der Waals surface area (Å²) in [6.45, 7) is 0.951. The number of rotatable bonds is 3. The van der Waals surface area contributed by atoms with E-state index in [2.05, 4.69) is 17.2 Å². The maximum Gasteiger partial charge on any atom is 0.0701 e. The first-order chi connectivity index (χ1) is 9.80. The van der Waals surface area contributed by atoms with Crippen molar-refractivity contribution in [2.75, 3.05) is 18.1 Å². The molecule has 114 valence electrons. The standard InChI is InChI=1S/C16H28N2OS/c17-18-15(14-8-12-7-13(12)9-14)11-1-4-19-16(10-11)2-5-20-6-3-16/h11-15,18H,1-10,17H2. The van der Waals surface area contributed by atoms with Crippen molar-refractivity contribution in [3.63, 3.8) is 0 Å². The fraction of sp³-hybridized carbons (Fsp3) is 1.00. The van der Waals surface area contributed by atoms with E-state index in [1.807, 2.05) is 0 Å². The van der Waals surface area contributed by atoms with Crippen molar-refractivity contribution in [2.45, 2.75) is 56.6 Å². The minimum atomic E-state index is 0.199. The molecule has 3 N–H and O–H groups in total. The average Bonchev–Trinajstić information content (AvgIpc) is 3.08. The summed E-state index contributed by atoms with van der Waals surface area (Å²) in [4.78, 5) is 0. The van der Waals surface area contributed by atoms with Crippen molar-refractivity contribution in [3.8, 4) is 0 Å². The van der Waals surface area contributed by atoms with Gasteiger partial charge in [0.1, 0.15) is 0 Å². The zero-order valence-electron chi connectivity index (χ0n) is 12.4. The second-order valence-corrected chi connectivity index (χ2v) is 8.80. The average molecular weight is 296 g/mol. The van der Waals surface area contributed by atoms with Gasteiger partial charge in [0.05, 0.1) is 5.60 Å². The first kappa shape index (κ1) is 13.9. The lowest BCUT2D eigenvalue weighted by Crippen LogP contribution is -2.52. The number of hydrogen-bond donors (Lipinski definition) is 2. The molecule has 0 aromatic carbocycles. The van der Waals surface area contributed by atoms with Crippen molar-refractivity contribution >= 4 is 11.8 Å². The van der Waals surface area contributed by atoms with Gasteiger partial charge in [0.25, 0.3) is 0 Å². The van der Waals surface area contributed by atoms with E-state index in [9.17, 15) is 0 Å². The van der Waals surface area contributed by atoms with E-state index in [0.29, 0.717) is 6.04 Å². The Balaban J connectivity index is 1.43. The molecule has 2 aliphatic heterocycles. The second-order valence-electron chi connectivity index (χ2n) is 7.58. The molecule has 2 heterocycles. The third-order valence-electron chi connectivity index (χ3n) is 6.42. The van der Waals surface area contributed by atoms with Gasteiger partial charge in [-0.05, 0) is 80.1 Å². The molecule has 0 aromatic heterocycles. The molecular formula is C16H28N2OS. The Labute approximate surface area is 126 Å². The molecule has 0 amide bonds. The van der Waals surface area contributed by atoms with Crippen molar-refractivity contribution in [1.29, 1.82) is 0 Å². The molecule has 2 saturated carbocycles. The Hall–Kier alpha value is 0.230. The predicted octanol–water partition coefficient (Wildman–Crippen LogP) is 2.56. The van der Waals surface area contributed by atoms with Crippen LogP contribution >= 0.6 is 11.8 Å². The van der Waals surface area contributed by atoms with E-state index < -0.39 is 0 Å². The lowest BCUT2D eigenvalue weighted by molar-refractivity contribution is -0.110. The van der Waals surface area contributed by atoms with Crippen molar-refractivity contribution in [1.82, 2.24) is 5.43 Å². The Morgan fingerprint density at radius 1 is 1.10 bits per heavy atom. The van der Waals surface area contributed by atoms with Gasteiger partial charge < -0.3 is 4.74 Å². The molecule has 4 rings (SSSR count). The SMILES string of the molecule is NNC(C1CC2CC2C1)C1CCOC2(CCSCC2)C1. The molecule has 4 unspecified atom stereocenters. The number of ether oxygens (including phenoxy) is 1. The minimum Gasteiger partial charge on any atom is -0.375 e. The molecule has 4 aliphatic rings. The van der Waals surface area contributed by atoms with Crippen LogP contribution in [-0.4, -0.2) is 29.8 Å². The van der Waals surface area contributed by atoms with Crippen LogP contribution in [0.1, 0.15) is 44.9 Å². The molecule has 4 heteroatoms. The van der Waals surface area contributed by atoms with Crippen molar-refractivity contribution in [3.05, 3.63) is 0 Å². The predicted molar refractivity (Wildman–Crippen MR) is 83.4 cm³/mol. The van der Waals surface area contributed by atoms with Crippen LogP contribution in [0.4, 0.5) is 0 Å². The minimum absolute atomic E-state index is 0.199. The fourth-order valence-electron chi connectivity index (χ4n) is 5.18. The molecule has 0 bridgehead atoms. The molecule has 2 saturated heterocycles. The fourth-order valence-corrected chi connectivity index (χ4v) is 6.41. The largest absolute Gasteiger partial charge is 0.375 e. The molecular weight excluding hydrogens is 268 g/mol. The van der Waals surface area contributed by atoms with Gasteiger partial charge in [0.15, 0.2) is 0 Å². The van der Waals surface area contributed by atoms with Gasteiger partial charge in [-0.2, -0.15) is 11.8 Å². The summed E-state index contributed by atoms with van der Waals surface area (Å²) >= 11 is 2.09. The zero-order chi connectivity index (χ0) is 13.6. The first-order valence-electron chi connectivity index (χ1n) is 8.47. The molecule has 0 aromatic rings. The normalized spacial score (nSPS) is 44.2. The third-order valence-corrected chi connectivity index (χ3v) is 7.41. The van der Waals surface area contributed by atoms with Crippen LogP contribution in [0, 0.1) is 23.7 Å². The van der Waals surface area contributed by atoms with E-state index >= 15 is 0 Å². The number of thioether (sulfide) groups is 1. The van der Waals surface area contributed by atoms with Crippen LogP contribution in [0.3, 0.4) is 0 Å². The molecule has 0 radical (unpaired) electrons. The van der Waals surface area contributed by atoms with E-state index in [0.717, 1.165) is 30.3 Å². The monoisotopic (exact) mass is 296 g/mol. The van der Waals surface area contributed by atoms with Gasteiger partial charge in [0.2, 0.25) is 0 Å². The Morgan fingerprint density at radius 2 is 1.85 bits per heavy atom. The van der Waals surface area contributed by atoms with Gasteiger partial charge in [-0.3, -0.25) is 11.3 Å². The first-order valence-corrected chi connectivity index (χ1v) is 9.63. The van der Waals surface area contributed by atoms with Crippen LogP contribution < -0.4 is 11.3 Å². The van der Waals surface area contributed by atoms with Crippen LogP contribution in [-0.2, 0) is 4.74 Å². The van der Waals surface area contributed by atoms with Crippen LogP contribution in [0.5, 0.6) is 0 Å². The molecule has 3 nitrogen and oxygen atoms in total. The van der Waals surface area contributed by atoms with E-state index in [1.54, 1.807) is 0 Å². The smallest absolute Gasteiger partial charge is 0.0701 e. The Kier molecular flexibility index (Phi) is 3.78. The maximum absolute atomic E-state index is 6.24. The Bertz CT molecular complexity index is 343. The topological polar surface area (TPSA) is 47.3 Å². The number of hydrazine groups is 1. The number of hydrogen-bond acceptors (Lipinski definition) is 4. The van der Waals surface area contributed by atoms with E-state index in [1.165, 1.54) is 56.5 Å². The highest BCUT2D eigenvalue weighted by molar-refractivity contribution is 7.99. The summed E-state index contributed by atoms with van der Waals surface area (Å²) in [5.41, 5.74) is 3.42. The molecule has 4 fully saturated rings. The van der Waals surface area contributed by atoms with Gasteiger partial charge >= 0.3 is 0 Å². The summed E-state index contributed by atoms with van der Waals surface area (Å²) in [7, 11) is 0. The zero-order valence-corrected chi connectivity index (χ0v) is 13.2. The number of fused-ring (bicyclic) bond motifs is 1. The van der Waals surface area contributed by atoms with E-state index in [-0.39, 0.29) is 5.60 Å². The maximum atomic E-state index is 6.24. The molecule has 20 heavy (non-hydrogen) atoms. The van der Waals surface area contributed by atoms with Crippen molar-refractivity contribution < 1.29 is 4.74 Å².